The molecule has 0 saturated carbocycles. The molecule has 0 aliphatic carbocycles. The lowest BCUT2D eigenvalue weighted by atomic mass is 10.2. The first kappa shape index (κ1) is 16.2. The third-order valence-corrected chi connectivity index (χ3v) is 3.75. The van der Waals surface area contributed by atoms with Crippen molar-refractivity contribution in [2.45, 2.75) is 6.92 Å². The van der Waals surface area contributed by atoms with Crippen molar-refractivity contribution in [1.29, 1.82) is 0 Å². The number of carbonyl (C=O) groups is 1. The number of aryl methyl sites for hydroxylation is 1. The third-order valence-electron chi connectivity index (χ3n) is 3.75. The van der Waals surface area contributed by atoms with Gasteiger partial charge in [0, 0.05) is 19.2 Å². The summed E-state index contributed by atoms with van der Waals surface area (Å²) in [5.74, 6) is 1.76. The lowest BCUT2D eigenvalue weighted by molar-refractivity contribution is 0.0602. The van der Waals surface area contributed by atoms with E-state index < -0.39 is 5.97 Å². The number of morpholine rings is 1. The smallest absolute Gasteiger partial charge is 0.339 e. The molecule has 1 aliphatic heterocycles. The van der Waals surface area contributed by atoms with Crippen molar-refractivity contribution in [3.05, 3.63) is 41.7 Å². The number of ether oxygens (including phenoxy) is 2. The zero-order valence-corrected chi connectivity index (χ0v) is 13.8. The van der Waals surface area contributed by atoms with Gasteiger partial charge in [-0.1, -0.05) is 12.1 Å². The number of nitrogens with zero attached hydrogens (tertiary/aromatic N) is 3. The summed E-state index contributed by atoms with van der Waals surface area (Å²) in [6.45, 7) is 4.83. The van der Waals surface area contributed by atoms with Gasteiger partial charge in [-0.25, -0.2) is 14.8 Å². The van der Waals surface area contributed by atoms with Gasteiger partial charge < -0.3 is 19.7 Å². The summed E-state index contributed by atoms with van der Waals surface area (Å²) >= 11 is 0. The van der Waals surface area contributed by atoms with Crippen molar-refractivity contribution in [3.8, 4) is 0 Å². The van der Waals surface area contributed by atoms with E-state index in [1.54, 1.807) is 12.1 Å². The van der Waals surface area contributed by atoms with E-state index in [-0.39, 0.29) is 0 Å². The lowest BCUT2D eigenvalue weighted by Crippen LogP contribution is -2.36. The molecule has 1 N–H and O–H groups in total. The van der Waals surface area contributed by atoms with Crippen LogP contribution in [0.25, 0.3) is 0 Å². The van der Waals surface area contributed by atoms with Crippen LogP contribution in [0.15, 0.2) is 30.3 Å². The average Bonchev–Trinajstić information content (AvgIpc) is 2.62. The first-order valence-corrected chi connectivity index (χ1v) is 7.80. The summed E-state index contributed by atoms with van der Waals surface area (Å²) in [6, 6.07) is 9.06. The van der Waals surface area contributed by atoms with Crippen LogP contribution in [0.3, 0.4) is 0 Å². The number of methoxy groups -OCH3 is 1. The average molecular weight is 328 g/mol. The molecule has 1 aromatic carbocycles. The van der Waals surface area contributed by atoms with Gasteiger partial charge in [0.1, 0.15) is 17.5 Å². The van der Waals surface area contributed by atoms with E-state index in [4.69, 9.17) is 9.47 Å². The molecule has 24 heavy (non-hydrogen) atoms. The number of anilines is 3. The van der Waals surface area contributed by atoms with Crippen LogP contribution in [-0.4, -0.2) is 49.4 Å². The van der Waals surface area contributed by atoms with Gasteiger partial charge in [-0.3, -0.25) is 0 Å². The molecule has 0 unspecified atom stereocenters. The number of benzene rings is 1. The maximum Gasteiger partial charge on any atom is 0.339 e. The van der Waals surface area contributed by atoms with Crippen molar-refractivity contribution in [3.63, 3.8) is 0 Å². The van der Waals surface area contributed by atoms with Crippen LogP contribution in [0.2, 0.25) is 0 Å². The fourth-order valence-corrected chi connectivity index (χ4v) is 2.59. The van der Waals surface area contributed by atoms with Gasteiger partial charge in [-0.15, -0.1) is 0 Å². The Hall–Kier alpha value is -2.67. The van der Waals surface area contributed by atoms with E-state index >= 15 is 0 Å². The number of carbonyl (C=O) groups excluding carboxylic acids is 1. The molecule has 0 bridgehead atoms. The number of hydrogen-bond acceptors (Lipinski definition) is 7. The fourth-order valence-electron chi connectivity index (χ4n) is 2.59. The van der Waals surface area contributed by atoms with E-state index in [0.717, 1.165) is 18.9 Å². The summed E-state index contributed by atoms with van der Waals surface area (Å²) in [7, 11) is 1.37. The van der Waals surface area contributed by atoms with Crippen molar-refractivity contribution >= 4 is 23.3 Å². The Morgan fingerprint density at radius 3 is 2.75 bits per heavy atom. The molecule has 7 nitrogen and oxygen atoms in total. The Morgan fingerprint density at radius 1 is 1.25 bits per heavy atom. The van der Waals surface area contributed by atoms with Crippen molar-refractivity contribution in [1.82, 2.24) is 9.97 Å². The van der Waals surface area contributed by atoms with Crippen molar-refractivity contribution < 1.29 is 14.3 Å². The highest BCUT2D eigenvalue weighted by molar-refractivity contribution is 5.96. The lowest BCUT2D eigenvalue weighted by Gasteiger charge is -2.28. The van der Waals surface area contributed by atoms with Crippen LogP contribution in [-0.2, 0) is 9.47 Å². The van der Waals surface area contributed by atoms with Crippen LogP contribution < -0.4 is 10.2 Å². The number of para-hydroxylation sites is 1. The van der Waals surface area contributed by atoms with Gasteiger partial charge in [0.2, 0.25) is 0 Å². The number of hydrogen-bond donors (Lipinski definition) is 1. The van der Waals surface area contributed by atoms with Crippen molar-refractivity contribution in [2.75, 3.05) is 43.6 Å². The summed E-state index contributed by atoms with van der Waals surface area (Å²) < 4.78 is 10.2. The molecule has 1 aromatic heterocycles. The number of rotatable bonds is 4. The number of nitrogens with one attached hydrogen (secondary N) is 1. The van der Waals surface area contributed by atoms with E-state index in [0.29, 0.717) is 36.1 Å². The molecule has 1 saturated heterocycles. The Morgan fingerprint density at radius 2 is 2.00 bits per heavy atom. The highest BCUT2D eigenvalue weighted by Crippen LogP contribution is 2.23. The second-order valence-corrected chi connectivity index (χ2v) is 5.42. The first-order valence-electron chi connectivity index (χ1n) is 7.80. The molecule has 2 aromatic rings. The van der Waals surface area contributed by atoms with Gasteiger partial charge in [0.25, 0.3) is 0 Å². The van der Waals surface area contributed by atoms with Crippen LogP contribution in [0, 0.1) is 6.92 Å². The van der Waals surface area contributed by atoms with Crippen molar-refractivity contribution in [2.24, 2.45) is 0 Å². The second kappa shape index (κ2) is 7.27. The zero-order valence-electron chi connectivity index (χ0n) is 13.8. The second-order valence-electron chi connectivity index (χ2n) is 5.42. The maximum atomic E-state index is 11.9. The molecule has 3 rings (SSSR count). The minimum atomic E-state index is -0.391. The Labute approximate surface area is 140 Å². The minimum absolute atomic E-state index is 0.391. The first-order chi connectivity index (χ1) is 11.7. The van der Waals surface area contributed by atoms with Gasteiger partial charge in [-0.05, 0) is 19.1 Å². The van der Waals surface area contributed by atoms with E-state index in [9.17, 15) is 4.79 Å². The summed E-state index contributed by atoms with van der Waals surface area (Å²) in [6.07, 6.45) is 0. The van der Waals surface area contributed by atoms with Gasteiger partial charge in [-0.2, -0.15) is 0 Å². The van der Waals surface area contributed by atoms with Gasteiger partial charge in [0.15, 0.2) is 0 Å². The molecule has 0 spiro atoms. The molecule has 2 heterocycles. The standard InChI is InChI=1S/C17H20N4O3/c1-12-18-15(11-16(19-12)21-7-9-24-10-8-21)20-14-6-4-3-5-13(14)17(22)23-2/h3-6,11H,7-10H2,1-2H3,(H,18,19,20). The van der Waals surface area contributed by atoms with Gasteiger partial charge >= 0.3 is 5.97 Å². The van der Waals surface area contributed by atoms with Crippen LogP contribution in [0.4, 0.5) is 17.3 Å². The predicted molar refractivity (Wildman–Crippen MR) is 90.9 cm³/mol. The van der Waals surface area contributed by atoms with E-state index in [2.05, 4.69) is 20.2 Å². The largest absolute Gasteiger partial charge is 0.465 e. The number of esters is 1. The Bertz CT molecular complexity index is 730. The molecule has 1 aliphatic rings. The molecule has 0 amide bonds. The maximum absolute atomic E-state index is 11.9. The molecule has 0 radical (unpaired) electrons. The molecular weight excluding hydrogens is 308 g/mol. The molecule has 0 atom stereocenters. The monoisotopic (exact) mass is 328 g/mol. The summed E-state index contributed by atoms with van der Waals surface area (Å²) in [5, 5.41) is 3.20. The third kappa shape index (κ3) is 3.62. The van der Waals surface area contributed by atoms with Gasteiger partial charge in [0.05, 0.1) is 31.6 Å². The SMILES string of the molecule is COC(=O)c1ccccc1Nc1cc(N2CCOCC2)nc(C)n1. The predicted octanol–water partition coefficient (Wildman–Crippen LogP) is 2.15. The van der Waals surface area contributed by atoms with E-state index in [1.807, 2.05) is 25.1 Å². The molecule has 1 fully saturated rings. The highest BCUT2D eigenvalue weighted by atomic mass is 16.5. The highest BCUT2D eigenvalue weighted by Gasteiger charge is 2.16. The quantitative estimate of drug-likeness (QED) is 0.862. The van der Waals surface area contributed by atoms with Crippen LogP contribution >= 0.6 is 0 Å². The zero-order chi connectivity index (χ0) is 16.9. The van der Waals surface area contributed by atoms with E-state index in [1.165, 1.54) is 7.11 Å². The number of aromatic nitrogens is 2. The van der Waals surface area contributed by atoms with Crippen LogP contribution in [0.1, 0.15) is 16.2 Å². The topological polar surface area (TPSA) is 76.6 Å². The molecular formula is C17H20N4O3. The normalized spacial score (nSPS) is 14.3. The fraction of sp³-hybridized carbons (Fsp3) is 0.353. The Balaban J connectivity index is 1.88. The summed E-state index contributed by atoms with van der Waals surface area (Å²) in [5.41, 5.74) is 1.11. The molecule has 7 heteroatoms. The van der Waals surface area contributed by atoms with Crippen LogP contribution in [0.5, 0.6) is 0 Å². The summed E-state index contributed by atoms with van der Waals surface area (Å²) in [4.78, 5) is 23.0. The molecule has 126 valence electrons. The minimum Gasteiger partial charge on any atom is -0.465 e. The Kier molecular flexibility index (Phi) is 4.90.